The van der Waals surface area contributed by atoms with Crippen LogP contribution in [0.4, 0.5) is 0 Å². The molecule has 5 heteroatoms. The highest BCUT2D eigenvalue weighted by Crippen LogP contribution is 2.16. The molecule has 0 radical (unpaired) electrons. The van der Waals surface area contributed by atoms with Crippen LogP contribution < -0.4 is 0 Å². The molecule has 1 aliphatic rings. The van der Waals surface area contributed by atoms with Crippen LogP contribution in [0.2, 0.25) is 0 Å². The summed E-state index contributed by atoms with van der Waals surface area (Å²) in [5.74, 6) is -1.65. The lowest BCUT2D eigenvalue weighted by molar-refractivity contribution is -0.133. The fourth-order valence-corrected chi connectivity index (χ4v) is 1.81. The second-order valence-electron chi connectivity index (χ2n) is 4.19. The second-order valence-corrected chi connectivity index (χ2v) is 4.19. The van der Waals surface area contributed by atoms with Crippen LogP contribution in [0.3, 0.4) is 0 Å². The van der Waals surface area contributed by atoms with E-state index in [2.05, 4.69) is 4.99 Å². The summed E-state index contributed by atoms with van der Waals surface area (Å²) < 4.78 is 4.92. The molecule has 0 amide bonds. The van der Waals surface area contributed by atoms with Gasteiger partial charge >= 0.3 is 11.9 Å². The van der Waals surface area contributed by atoms with Gasteiger partial charge in [-0.1, -0.05) is 24.3 Å². The minimum atomic E-state index is -1.21. The van der Waals surface area contributed by atoms with E-state index >= 15 is 0 Å². The molecule has 0 atom stereocenters. The van der Waals surface area contributed by atoms with E-state index in [1.807, 2.05) is 31.2 Å². The van der Waals surface area contributed by atoms with Crippen molar-refractivity contribution < 1.29 is 19.4 Å². The van der Waals surface area contributed by atoms with Gasteiger partial charge in [-0.3, -0.25) is 0 Å². The number of rotatable bonds is 4. The average molecular weight is 259 g/mol. The highest BCUT2D eigenvalue weighted by Gasteiger charge is 2.23. The van der Waals surface area contributed by atoms with Crippen molar-refractivity contribution in [3.63, 3.8) is 0 Å². The Kier molecular flexibility index (Phi) is 3.75. The normalized spacial score (nSPS) is 16.4. The van der Waals surface area contributed by atoms with Gasteiger partial charge in [-0.15, -0.1) is 0 Å². The van der Waals surface area contributed by atoms with E-state index in [1.165, 1.54) is 0 Å². The molecule has 1 aromatic rings. The number of aliphatic imine (C=N–C) groups is 1. The highest BCUT2D eigenvalue weighted by atomic mass is 16.6. The van der Waals surface area contributed by atoms with Crippen molar-refractivity contribution in [1.82, 2.24) is 0 Å². The number of carbonyl (C=O) groups is 2. The molecule has 0 saturated heterocycles. The molecule has 0 saturated carbocycles. The molecule has 1 heterocycles. The summed E-state index contributed by atoms with van der Waals surface area (Å²) in [6.07, 6.45) is 1.91. The van der Waals surface area contributed by atoms with Crippen molar-refractivity contribution in [2.24, 2.45) is 4.99 Å². The molecular formula is C14H13NO4. The molecule has 19 heavy (non-hydrogen) atoms. The number of nitrogens with zero attached hydrogens (tertiary/aromatic N) is 1. The fraction of sp³-hybridized carbons (Fsp3) is 0.214. The number of aryl methyl sites for hydroxylation is 2. The van der Waals surface area contributed by atoms with E-state index in [-0.39, 0.29) is 11.6 Å². The minimum Gasteiger partial charge on any atom is -0.478 e. The Morgan fingerprint density at radius 1 is 1.37 bits per heavy atom. The monoisotopic (exact) mass is 259 g/mol. The van der Waals surface area contributed by atoms with E-state index in [9.17, 15) is 9.59 Å². The van der Waals surface area contributed by atoms with E-state index in [4.69, 9.17) is 9.84 Å². The summed E-state index contributed by atoms with van der Waals surface area (Å²) >= 11 is 0. The first-order valence-electron chi connectivity index (χ1n) is 5.85. The molecule has 1 aromatic carbocycles. The van der Waals surface area contributed by atoms with Crippen molar-refractivity contribution in [2.45, 2.75) is 19.8 Å². The van der Waals surface area contributed by atoms with Gasteiger partial charge in [0.05, 0.1) is 6.08 Å². The third-order valence-electron chi connectivity index (χ3n) is 2.79. The molecule has 5 nitrogen and oxygen atoms in total. The van der Waals surface area contributed by atoms with Crippen LogP contribution in [0, 0.1) is 6.92 Å². The molecular weight excluding hydrogens is 246 g/mol. The summed E-state index contributed by atoms with van der Waals surface area (Å²) in [4.78, 5) is 25.7. The van der Waals surface area contributed by atoms with Gasteiger partial charge < -0.3 is 9.84 Å². The van der Waals surface area contributed by atoms with Crippen LogP contribution in [0.1, 0.15) is 17.5 Å². The molecule has 2 rings (SSSR count). The molecule has 1 aliphatic heterocycles. The third kappa shape index (κ3) is 3.28. The molecule has 0 aliphatic carbocycles. The number of esters is 1. The number of aliphatic carboxylic acids is 1. The molecule has 0 aromatic heterocycles. The highest BCUT2D eigenvalue weighted by molar-refractivity contribution is 6.07. The lowest BCUT2D eigenvalue weighted by Gasteiger charge is -2.04. The summed E-state index contributed by atoms with van der Waals surface area (Å²) in [6.45, 7) is 2.01. The van der Waals surface area contributed by atoms with Crippen LogP contribution in [0.25, 0.3) is 0 Å². The van der Waals surface area contributed by atoms with E-state index < -0.39 is 11.9 Å². The molecule has 0 bridgehead atoms. The maximum atomic E-state index is 11.3. The van der Waals surface area contributed by atoms with Crippen LogP contribution in [-0.4, -0.2) is 22.9 Å². The number of hydrogen-bond acceptors (Lipinski definition) is 4. The maximum absolute atomic E-state index is 11.3. The number of ether oxygens (including phenoxy) is 1. The zero-order valence-electron chi connectivity index (χ0n) is 10.4. The van der Waals surface area contributed by atoms with Crippen molar-refractivity contribution in [3.8, 4) is 0 Å². The van der Waals surface area contributed by atoms with Crippen molar-refractivity contribution in [2.75, 3.05) is 0 Å². The smallest absolute Gasteiger partial charge is 0.363 e. The maximum Gasteiger partial charge on any atom is 0.363 e. The van der Waals surface area contributed by atoms with E-state index in [0.29, 0.717) is 12.8 Å². The Labute approximate surface area is 110 Å². The number of cyclic esters (lactones) is 1. The molecule has 98 valence electrons. The first kappa shape index (κ1) is 13.0. The standard InChI is InChI=1S/C14H13NO4/c1-9-4-2-3-5-10(9)6-7-12-15-11(8-13(16)17)14(18)19-12/h2-5,8H,6-7H2,1H3,(H,16,17)/b11-8+. The average Bonchev–Trinajstić information content (AvgIpc) is 2.68. The quantitative estimate of drug-likeness (QED) is 0.661. The largest absolute Gasteiger partial charge is 0.478 e. The Morgan fingerprint density at radius 3 is 2.79 bits per heavy atom. The van der Waals surface area contributed by atoms with Crippen LogP contribution in [0.5, 0.6) is 0 Å². The van der Waals surface area contributed by atoms with E-state index in [0.717, 1.165) is 17.2 Å². The molecule has 0 spiro atoms. The first-order chi connectivity index (χ1) is 9.06. The summed E-state index contributed by atoms with van der Waals surface area (Å²) in [6, 6.07) is 7.91. The van der Waals surface area contributed by atoms with Gasteiger partial charge in [-0.25, -0.2) is 14.6 Å². The van der Waals surface area contributed by atoms with Gasteiger partial charge in [0.15, 0.2) is 11.6 Å². The predicted molar refractivity (Wildman–Crippen MR) is 68.7 cm³/mol. The molecule has 0 fully saturated rings. The molecule has 0 unspecified atom stereocenters. The van der Waals surface area contributed by atoms with Gasteiger partial charge in [0.25, 0.3) is 0 Å². The summed E-state index contributed by atoms with van der Waals surface area (Å²) in [5.41, 5.74) is 2.15. The SMILES string of the molecule is Cc1ccccc1CCC1=N/C(=C/C(=O)O)C(=O)O1. The number of carbonyl (C=O) groups excluding carboxylic acids is 1. The number of carboxylic acid groups (broad SMARTS) is 1. The third-order valence-corrected chi connectivity index (χ3v) is 2.79. The zero-order valence-corrected chi connectivity index (χ0v) is 10.4. The zero-order chi connectivity index (χ0) is 13.8. The van der Waals surface area contributed by atoms with Crippen molar-refractivity contribution in [1.29, 1.82) is 0 Å². The summed E-state index contributed by atoms with van der Waals surface area (Å²) in [5, 5.41) is 8.57. The minimum absolute atomic E-state index is 0.160. The van der Waals surface area contributed by atoms with Gasteiger partial charge in [0, 0.05) is 6.42 Å². The molecule has 1 N–H and O–H groups in total. The van der Waals surface area contributed by atoms with Gasteiger partial charge in [-0.05, 0) is 24.5 Å². The van der Waals surface area contributed by atoms with Crippen LogP contribution >= 0.6 is 0 Å². The lowest BCUT2D eigenvalue weighted by atomic mass is 10.0. The summed E-state index contributed by atoms with van der Waals surface area (Å²) in [7, 11) is 0. The Morgan fingerprint density at radius 2 is 2.11 bits per heavy atom. The Balaban J connectivity index is 2.04. The fourth-order valence-electron chi connectivity index (χ4n) is 1.81. The lowest BCUT2D eigenvalue weighted by Crippen LogP contribution is -2.06. The number of hydrogen-bond donors (Lipinski definition) is 1. The van der Waals surface area contributed by atoms with Gasteiger partial charge in [0.1, 0.15) is 0 Å². The van der Waals surface area contributed by atoms with Gasteiger partial charge in [0.2, 0.25) is 0 Å². The number of carboxylic acids is 1. The van der Waals surface area contributed by atoms with Crippen LogP contribution in [0.15, 0.2) is 41.0 Å². The van der Waals surface area contributed by atoms with Crippen LogP contribution in [-0.2, 0) is 20.7 Å². The van der Waals surface area contributed by atoms with E-state index in [1.54, 1.807) is 0 Å². The second kappa shape index (κ2) is 5.48. The first-order valence-corrected chi connectivity index (χ1v) is 5.85. The Hall–Kier alpha value is -2.43. The van der Waals surface area contributed by atoms with Crippen molar-refractivity contribution in [3.05, 3.63) is 47.2 Å². The number of benzene rings is 1. The topological polar surface area (TPSA) is 76.0 Å². The van der Waals surface area contributed by atoms with Gasteiger partial charge in [-0.2, -0.15) is 0 Å². The Bertz CT molecular complexity index is 587. The predicted octanol–water partition coefficient (Wildman–Crippen LogP) is 1.85. The van der Waals surface area contributed by atoms with Crippen molar-refractivity contribution >= 4 is 17.8 Å².